The molecule has 24 heavy (non-hydrogen) atoms. The van der Waals surface area contributed by atoms with Gasteiger partial charge < -0.3 is 19.5 Å². The zero-order valence-electron chi connectivity index (χ0n) is 13.2. The van der Waals surface area contributed by atoms with E-state index in [1.54, 1.807) is 24.3 Å². The Kier molecular flexibility index (Phi) is 6.20. The molecule has 0 heterocycles. The van der Waals surface area contributed by atoms with E-state index in [-0.39, 0.29) is 18.3 Å². The Balaban J connectivity index is 2.03. The molecule has 7 heteroatoms. The van der Waals surface area contributed by atoms with Gasteiger partial charge in [0.1, 0.15) is 0 Å². The van der Waals surface area contributed by atoms with Crippen LogP contribution in [-0.2, 0) is 9.53 Å². The number of amides is 1. The third-order valence-corrected chi connectivity index (χ3v) is 3.60. The number of ether oxygens (including phenoxy) is 3. The molecule has 0 unspecified atom stereocenters. The molecule has 0 atom stereocenters. The van der Waals surface area contributed by atoms with Gasteiger partial charge in [-0.2, -0.15) is 0 Å². The van der Waals surface area contributed by atoms with E-state index in [9.17, 15) is 9.59 Å². The standard InChI is InChI=1S/C17H16BrNO5/c1-22-14-8-3-11(17(21)23-2)9-15(14)24-10-16(20)19-13-6-4-12(18)5-7-13/h3-9H,10H2,1-2H3,(H,19,20). The van der Waals surface area contributed by atoms with Gasteiger partial charge in [0, 0.05) is 10.2 Å². The molecule has 2 rings (SSSR count). The lowest BCUT2D eigenvalue weighted by atomic mass is 10.2. The van der Waals surface area contributed by atoms with Crippen LogP contribution >= 0.6 is 15.9 Å². The largest absolute Gasteiger partial charge is 0.493 e. The van der Waals surface area contributed by atoms with E-state index in [0.717, 1.165) is 4.47 Å². The molecular formula is C17H16BrNO5. The SMILES string of the molecule is COC(=O)c1ccc(OC)c(OCC(=O)Nc2ccc(Br)cc2)c1. The van der Waals surface area contributed by atoms with Crippen LogP contribution in [0.3, 0.4) is 0 Å². The van der Waals surface area contributed by atoms with Gasteiger partial charge in [0.2, 0.25) is 0 Å². The second-order valence-electron chi connectivity index (χ2n) is 4.70. The molecule has 2 aromatic rings. The quantitative estimate of drug-likeness (QED) is 0.762. The van der Waals surface area contributed by atoms with E-state index < -0.39 is 5.97 Å². The number of hydrogen-bond donors (Lipinski definition) is 1. The van der Waals surface area contributed by atoms with Crippen molar-refractivity contribution >= 4 is 33.5 Å². The third kappa shape index (κ3) is 4.73. The summed E-state index contributed by atoms with van der Waals surface area (Å²) in [6.45, 7) is -0.225. The molecule has 6 nitrogen and oxygen atoms in total. The molecule has 0 spiro atoms. The maximum atomic E-state index is 12.0. The highest BCUT2D eigenvalue weighted by Gasteiger charge is 2.13. The lowest BCUT2D eigenvalue weighted by Gasteiger charge is -2.12. The normalized spacial score (nSPS) is 9.96. The van der Waals surface area contributed by atoms with Gasteiger partial charge in [0.05, 0.1) is 19.8 Å². The van der Waals surface area contributed by atoms with E-state index >= 15 is 0 Å². The van der Waals surface area contributed by atoms with Gasteiger partial charge in [-0.1, -0.05) is 15.9 Å². The van der Waals surface area contributed by atoms with E-state index in [4.69, 9.17) is 9.47 Å². The minimum atomic E-state index is -0.498. The van der Waals surface area contributed by atoms with E-state index in [0.29, 0.717) is 17.0 Å². The van der Waals surface area contributed by atoms with Gasteiger partial charge in [0.25, 0.3) is 5.91 Å². The third-order valence-electron chi connectivity index (χ3n) is 3.07. The van der Waals surface area contributed by atoms with Crippen molar-refractivity contribution in [2.45, 2.75) is 0 Å². The Morgan fingerprint density at radius 1 is 1.04 bits per heavy atom. The fraction of sp³-hybridized carbons (Fsp3) is 0.176. The van der Waals surface area contributed by atoms with Gasteiger partial charge in [-0.15, -0.1) is 0 Å². The molecule has 0 aromatic heterocycles. The fourth-order valence-corrected chi connectivity index (χ4v) is 2.17. The lowest BCUT2D eigenvalue weighted by Crippen LogP contribution is -2.20. The van der Waals surface area contributed by atoms with Crippen molar-refractivity contribution in [2.75, 3.05) is 26.1 Å². The maximum absolute atomic E-state index is 12.0. The molecule has 0 radical (unpaired) electrons. The van der Waals surface area contributed by atoms with Crippen LogP contribution in [-0.4, -0.2) is 32.7 Å². The average molecular weight is 394 g/mol. The van der Waals surface area contributed by atoms with Crippen molar-refractivity contribution < 1.29 is 23.8 Å². The highest BCUT2D eigenvalue weighted by Crippen LogP contribution is 2.28. The number of esters is 1. The summed E-state index contributed by atoms with van der Waals surface area (Å²) in [6.07, 6.45) is 0. The minimum Gasteiger partial charge on any atom is -0.493 e. The second-order valence-corrected chi connectivity index (χ2v) is 5.62. The number of nitrogens with one attached hydrogen (secondary N) is 1. The van der Waals surface area contributed by atoms with Crippen LogP contribution in [0, 0.1) is 0 Å². The number of benzene rings is 2. The molecule has 0 aliphatic carbocycles. The minimum absolute atomic E-state index is 0.225. The first kappa shape index (κ1) is 17.8. The Hall–Kier alpha value is -2.54. The molecule has 126 valence electrons. The summed E-state index contributed by atoms with van der Waals surface area (Å²) in [4.78, 5) is 23.5. The second kappa shape index (κ2) is 8.35. The molecule has 0 aliphatic heterocycles. The zero-order valence-corrected chi connectivity index (χ0v) is 14.8. The molecule has 1 amide bonds. The lowest BCUT2D eigenvalue weighted by molar-refractivity contribution is -0.118. The fourth-order valence-electron chi connectivity index (χ4n) is 1.91. The molecule has 0 bridgehead atoms. The summed E-state index contributed by atoms with van der Waals surface area (Å²) in [6, 6.07) is 11.8. The number of anilines is 1. The summed E-state index contributed by atoms with van der Waals surface area (Å²) in [5.41, 5.74) is 0.962. The smallest absolute Gasteiger partial charge is 0.337 e. The first-order valence-corrected chi connectivity index (χ1v) is 7.77. The van der Waals surface area contributed by atoms with Gasteiger partial charge in [0.15, 0.2) is 18.1 Å². The van der Waals surface area contributed by atoms with Crippen LogP contribution in [0.2, 0.25) is 0 Å². The average Bonchev–Trinajstić information content (AvgIpc) is 2.61. The molecule has 0 saturated carbocycles. The molecular weight excluding hydrogens is 378 g/mol. The Labute approximate surface area is 147 Å². The maximum Gasteiger partial charge on any atom is 0.337 e. The van der Waals surface area contributed by atoms with Crippen molar-refractivity contribution in [3.8, 4) is 11.5 Å². The Morgan fingerprint density at radius 3 is 2.38 bits per heavy atom. The van der Waals surface area contributed by atoms with Crippen LogP contribution < -0.4 is 14.8 Å². The number of carbonyl (C=O) groups is 2. The first-order valence-electron chi connectivity index (χ1n) is 6.98. The Morgan fingerprint density at radius 2 is 1.75 bits per heavy atom. The van der Waals surface area contributed by atoms with Crippen molar-refractivity contribution in [1.82, 2.24) is 0 Å². The first-order chi connectivity index (χ1) is 11.5. The number of hydrogen-bond acceptors (Lipinski definition) is 5. The number of rotatable bonds is 6. The summed E-state index contributed by atoms with van der Waals surface area (Å²) >= 11 is 3.32. The molecule has 2 aromatic carbocycles. The van der Waals surface area contributed by atoms with E-state index in [2.05, 4.69) is 26.0 Å². The van der Waals surface area contributed by atoms with Crippen LogP contribution in [0.15, 0.2) is 46.9 Å². The summed E-state index contributed by atoms with van der Waals surface area (Å²) in [7, 11) is 2.76. The predicted octanol–water partition coefficient (Wildman–Crippen LogP) is 3.26. The topological polar surface area (TPSA) is 73.9 Å². The molecule has 1 N–H and O–H groups in total. The van der Waals surface area contributed by atoms with Gasteiger partial charge in [-0.25, -0.2) is 4.79 Å². The monoisotopic (exact) mass is 393 g/mol. The van der Waals surface area contributed by atoms with Crippen molar-refractivity contribution in [2.24, 2.45) is 0 Å². The van der Waals surface area contributed by atoms with Crippen LogP contribution in [0.4, 0.5) is 5.69 Å². The summed E-state index contributed by atoms with van der Waals surface area (Å²) < 4.78 is 16.2. The van der Waals surface area contributed by atoms with E-state index in [1.807, 2.05) is 12.1 Å². The highest BCUT2D eigenvalue weighted by atomic mass is 79.9. The molecule has 0 fully saturated rings. The number of halogens is 1. The Bertz CT molecular complexity index is 730. The van der Waals surface area contributed by atoms with Gasteiger partial charge in [-0.3, -0.25) is 4.79 Å². The van der Waals surface area contributed by atoms with Crippen LogP contribution in [0.25, 0.3) is 0 Å². The molecule has 0 saturated heterocycles. The van der Waals surface area contributed by atoms with Crippen molar-refractivity contribution in [3.05, 3.63) is 52.5 Å². The van der Waals surface area contributed by atoms with Gasteiger partial charge >= 0.3 is 5.97 Å². The predicted molar refractivity (Wildman–Crippen MR) is 92.6 cm³/mol. The molecule has 0 aliphatic rings. The highest BCUT2D eigenvalue weighted by molar-refractivity contribution is 9.10. The van der Waals surface area contributed by atoms with Crippen LogP contribution in [0.1, 0.15) is 10.4 Å². The summed E-state index contributed by atoms with van der Waals surface area (Å²) in [5, 5.41) is 2.71. The summed E-state index contributed by atoms with van der Waals surface area (Å²) in [5.74, 6) is -0.130. The zero-order chi connectivity index (χ0) is 17.5. The van der Waals surface area contributed by atoms with E-state index in [1.165, 1.54) is 20.3 Å². The van der Waals surface area contributed by atoms with Crippen molar-refractivity contribution in [3.63, 3.8) is 0 Å². The van der Waals surface area contributed by atoms with Crippen molar-refractivity contribution in [1.29, 1.82) is 0 Å². The number of carbonyl (C=O) groups excluding carboxylic acids is 2. The van der Waals surface area contributed by atoms with Crippen LogP contribution in [0.5, 0.6) is 11.5 Å². The number of methoxy groups -OCH3 is 2. The van der Waals surface area contributed by atoms with Gasteiger partial charge in [-0.05, 0) is 42.5 Å².